The fraction of sp³-hybridized carbons (Fsp3) is 0.333. The Bertz CT molecular complexity index is 735. The molecule has 0 unspecified atom stereocenters. The summed E-state index contributed by atoms with van der Waals surface area (Å²) in [5.74, 6) is 0.490. The lowest BCUT2D eigenvalue weighted by Gasteiger charge is -2.15. The molecule has 130 valence electrons. The normalized spacial score (nSPS) is 12.6. The van der Waals surface area contributed by atoms with Gasteiger partial charge < -0.3 is 15.5 Å². The van der Waals surface area contributed by atoms with Gasteiger partial charge >= 0.3 is 0 Å². The van der Waals surface area contributed by atoms with Gasteiger partial charge in [-0.2, -0.15) is 0 Å². The lowest BCUT2D eigenvalue weighted by molar-refractivity contribution is -0.131. The van der Waals surface area contributed by atoms with Crippen molar-refractivity contribution in [2.75, 3.05) is 18.9 Å². The number of carbonyl (C=O) groups excluding carboxylic acids is 2. The van der Waals surface area contributed by atoms with Gasteiger partial charge in [0.25, 0.3) is 5.91 Å². The van der Waals surface area contributed by atoms with Crippen molar-refractivity contribution in [1.82, 2.24) is 20.4 Å². The number of nitrogens with one attached hydrogen (secondary N) is 2. The average molecular weight is 339 g/mol. The van der Waals surface area contributed by atoms with Crippen molar-refractivity contribution < 1.29 is 9.59 Å². The summed E-state index contributed by atoms with van der Waals surface area (Å²) in [4.78, 5) is 25.6. The molecule has 1 aromatic heterocycles. The molecule has 0 atom stereocenters. The van der Waals surface area contributed by atoms with Gasteiger partial charge in [-0.25, -0.2) is 0 Å². The van der Waals surface area contributed by atoms with E-state index in [1.165, 1.54) is 11.1 Å². The van der Waals surface area contributed by atoms with Gasteiger partial charge in [-0.3, -0.25) is 9.59 Å². The van der Waals surface area contributed by atoms with E-state index in [4.69, 9.17) is 0 Å². The molecule has 3 rings (SSSR count). The molecular weight excluding hydrogens is 318 g/mol. The van der Waals surface area contributed by atoms with Gasteiger partial charge in [0.2, 0.25) is 5.91 Å². The summed E-state index contributed by atoms with van der Waals surface area (Å²) in [5.41, 5.74) is 2.75. The number of benzene rings is 1. The van der Waals surface area contributed by atoms with Crippen LogP contribution >= 0.6 is 0 Å². The Morgan fingerprint density at radius 3 is 2.40 bits per heavy atom. The van der Waals surface area contributed by atoms with Crippen molar-refractivity contribution in [3.63, 3.8) is 0 Å². The molecule has 0 aliphatic carbocycles. The summed E-state index contributed by atoms with van der Waals surface area (Å²) in [6.45, 7) is 2.03. The topological polar surface area (TPSA) is 87.2 Å². The van der Waals surface area contributed by atoms with E-state index in [-0.39, 0.29) is 17.5 Å². The molecule has 0 radical (unpaired) electrons. The molecule has 2 amide bonds. The summed E-state index contributed by atoms with van der Waals surface area (Å²) in [6, 6.07) is 11.5. The summed E-state index contributed by atoms with van der Waals surface area (Å²) in [7, 11) is 1.55. The molecule has 7 heteroatoms. The molecule has 25 heavy (non-hydrogen) atoms. The van der Waals surface area contributed by atoms with Gasteiger partial charge in [0.15, 0.2) is 5.69 Å². The highest BCUT2D eigenvalue weighted by Gasteiger charge is 2.22. The molecular formula is C18H21N5O2. The first-order valence-electron chi connectivity index (χ1n) is 8.31. The first-order valence-corrected chi connectivity index (χ1v) is 8.31. The number of anilines is 1. The molecule has 7 nitrogen and oxygen atoms in total. The molecule has 1 aliphatic heterocycles. The molecule has 2 heterocycles. The number of aromatic nitrogens is 2. The summed E-state index contributed by atoms with van der Waals surface area (Å²) in [6.07, 6.45) is 1.20. The van der Waals surface area contributed by atoms with Gasteiger partial charge in [0.05, 0.1) is 0 Å². The Labute approximate surface area is 146 Å². The van der Waals surface area contributed by atoms with Crippen molar-refractivity contribution in [2.24, 2.45) is 0 Å². The van der Waals surface area contributed by atoms with Crippen molar-refractivity contribution in [2.45, 2.75) is 25.9 Å². The van der Waals surface area contributed by atoms with Crippen molar-refractivity contribution >= 4 is 17.6 Å². The van der Waals surface area contributed by atoms with Crippen molar-refractivity contribution in [1.29, 1.82) is 0 Å². The lowest BCUT2D eigenvalue weighted by atomic mass is 10.1. The predicted molar refractivity (Wildman–Crippen MR) is 93.8 cm³/mol. The maximum Gasteiger partial charge on any atom is 0.271 e. The molecule has 1 aromatic carbocycles. The second-order valence-corrected chi connectivity index (χ2v) is 5.93. The Kier molecular flexibility index (Phi) is 5.23. The molecule has 0 spiro atoms. The number of hydrogen-bond donors (Lipinski definition) is 2. The molecule has 0 bridgehead atoms. The molecule has 0 saturated heterocycles. The van der Waals surface area contributed by atoms with Crippen molar-refractivity contribution in [3.05, 3.63) is 53.2 Å². The maximum atomic E-state index is 12.3. The van der Waals surface area contributed by atoms with E-state index in [0.717, 1.165) is 0 Å². The molecule has 0 saturated carbocycles. The van der Waals surface area contributed by atoms with E-state index in [0.29, 0.717) is 38.3 Å². The summed E-state index contributed by atoms with van der Waals surface area (Å²) in [5, 5.41) is 13.4. The monoisotopic (exact) mass is 339 g/mol. The van der Waals surface area contributed by atoms with Crippen LogP contribution in [-0.4, -0.2) is 40.5 Å². The third kappa shape index (κ3) is 4.12. The Morgan fingerprint density at radius 2 is 1.80 bits per heavy atom. The van der Waals surface area contributed by atoms with Crippen LogP contribution in [0.15, 0.2) is 36.4 Å². The van der Waals surface area contributed by atoms with Crippen LogP contribution < -0.4 is 10.6 Å². The average Bonchev–Trinajstić information content (AvgIpc) is 3.09. The van der Waals surface area contributed by atoms with E-state index in [9.17, 15) is 9.59 Å². The molecule has 2 N–H and O–H groups in total. The second kappa shape index (κ2) is 7.74. The van der Waals surface area contributed by atoms with Crippen LogP contribution in [-0.2, 0) is 17.9 Å². The quantitative estimate of drug-likeness (QED) is 0.780. The standard InChI is InChI=1S/C18H21N5O2/c1-19-18(25)15-8-9-16(22-21-15)20-10-4-7-17(24)23-11-13-5-2-3-6-14(13)12-23/h2-3,5-6,8-9H,4,7,10-12H2,1H3,(H,19,25)(H,20,22). The lowest BCUT2D eigenvalue weighted by Crippen LogP contribution is -2.25. The fourth-order valence-electron chi connectivity index (χ4n) is 2.80. The van der Waals surface area contributed by atoms with E-state index < -0.39 is 0 Å². The minimum absolute atomic E-state index is 0.166. The zero-order valence-corrected chi connectivity index (χ0v) is 14.2. The van der Waals surface area contributed by atoms with E-state index in [1.807, 2.05) is 17.0 Å². The largest absolute Gasteiger partial charge is 0.369 e. The smallest absolute Gasteiger partial charge is 0.271 e. The number of carbonyl (C=O) groups is 2. The molecule has 0 fully saturated rings. The summed E-state index contributed by atoms with van der Waals surface area (Å²) >= 11 is 0. The maximum absolute atomic E-state index is 12.3. The first kappa shape index (κ1) is 16.9. The highest BCUT2D eigenvalue weighted by molar-refractivity contribution is 5.91. The van der Waals surface area contributed by atoms with Gasteiger partial charge in [0.1, 0.15) is 5.82 Å². The minimum atomic E-state index is -0.267. The fourth-order valence-corrected chi connectivity index (χ4v) is 2.80. The van der Waals surface area contributed by atoms with Crippen LogP contribution in [0.4, 0.5) is 5.82 Å². The van der Waals surface area contributed by atoms with Gasteiger partial charge in [-0.05, 0) is 29.7 Å². The van der Waals surface area contributed by atoms with Crippen LogP contribution in [0.1, 0.15) is 34.5 Å². The SMILES string of the molecule is CNC(=O)c1ccc(NCCCC(=O)N2Cc3ccccc3C2)nn1. The third-order valence-corrected chi connectivity index (χ3v) is 4.19. The van der Waals surface area contributed by atoms with Gasteiger partial charge in [0, 0.05) is 33.1 Å². The second-order valence-electron chi connectivity index (χ2n) is 5.93. The Balaban J connectivity index is 1.40. The van der Waals surface area contributed by atoms with Crippen LogP contribution in [0.25, 0.3) is 0 Å². The number of amides is 2. The first-order chi connectivity index (χ1) is 12.2. The van der Waals surface area contributed by atoms with E-state index >= 15 is 0 Å². The van der Waals surface area contributed by atoms with Crippen LogP contribution in [0.3, 0.4) is 0 Å². The zero-order valence-electron chi connectivity index (χ0n) is 14.2. The van der Waals surface area contributed by atoms with E-state index in [1.54, 1.807) is 19.2 Å². The van der Waals surface area contributed by atoms with Gasteiger partial charge in [-0.1, -0.05) is 24.3 Å². The number of nitrogens with zero attached hydrogens (tertiary/aromatic N) is 3. The van der Waals surface area contributed by atoms with Gasteiger partial charge in [-0.15, -0.1) is 10.2 Å². The highest BCUT2D eigenvalue weighted by Crippen LogP contribution is 2.22. The Morgan fingerprint density at radius 1 is 1.08 bits per heavy atom. The van der Waals surface area contributed by atoms with E-state index in [2.05, 4.69) is 33.0 Å². The van der Waals surface area contributed by atoms with Crippen LogP contribution in [0, 0.1) is 0 Å². The zero-order chi connectivity index (χ0) is 17.6. The van der Waals surface area contributed by atoms with Crippen LogP contribution in [0.5, 0.6) is 0 Å². The number of rotatable bonds is 6. The number of fused-ring (bicyclic) bond motifs is 1. The Hall–Kier alpha value is -2.96. The summed E-state index contributed by atoms with van der Waals surface area (Å²) < 4.78 is 0. The predicted octanol–water partition coefficient (Wildman–Crippen LogP) is 1.57. The third-order valence-electron chi connectivity index (χ3n) is 4.19. The van der Waals surface area contributed by atoms with Crippen LogP contribution in [0.2, 0.25) is 0 Å². The molecule has 2 aromatic rings. The highest BCUT2D eigenvalue weighted by atomic mass is 16.2. The number of hydrogen-bond acceptors (Lipinski definition) is 5. The van der Waals surface area contributed by atoms with Crippen molar-refractivity contribution in [3.8, 4) is 0 Å². The minimum Gasteiger partial charge on any atom is -0.369 e. The molecule has 1 aliphatic rings.